The van der Waals surface area contributed by atoms with Gasteiger partial charge in [0.1, 0.15) is 11.6 Å². The highest BCUT2D eigenvalue weighted by Crippen LogP contribution is 2.26. The average molecular weight is 538 g/mol. The average Bonchev–Trinajstić information content (AvgIpc) is 2.67. The zero-order valence-electron chi connectivity index (χ0n) is 18.7. The molecular formula is C24H31IN2O4. The van der Waals surface area contributed by atoms with Crippen LogP contribution < -0.4 is 10.6 Å². The van der Waals surface area contributed by atoms with E-state index in [9.17, 15) is 9.59 Å². The third-order valence-corrected chi connectivity index (χ3v) is 4.97. The van der Waals surface area contributed by atoms with Crippen LogP contribution in [0.5, 0.6) is 0 Å². The molecule has 0 aliphatic heterocycles. The topological polar surface area (TPSA) is 76.7 Å². The second kappa shape index (κ2) is 11.5. The first-order chi connectivity index (χ1) is 14.5. The van der Waals surface area contributed by atoms with Crippen LogP contribution in [0.4, 0.5) is 10.5 Å². The van der Waals surface area contributed by atoms with Gasteiger partial charge in [0.2, 0.25) is 5.91 Å². The molecule has 2 rings (SSSR count). The zero-order chi connectivity index (χ0) is 23.0. The maximum Gasteiger partial charge on any atom is 0.408 e. The molecule has 0 bridgehead atoms. The molecule has 31 heavy (non-hydrogen) atoms. The molecule has 0 unspecified atom stereocenters. The number of carbonyl (C=O) groups is 2. The van der Waals surface area contributed by atoms with Gasteiger partial charge >= 0.3 is 6.09 Å². The van der Waals surface area contributed by atoms with E-state index < -0.39 is 17.7 Å². The molecule has 0 heterocycles. The largest absolute Gasteiger partial charge is 0.444 e. The molecule has 2 N–H and O–H groups in total. The van der Waals surface area contributed by atoms with Crippen molar-refractivity contribution >= 4 is 40.3 Å². The number of alkyl carbamates (subject to hydrolysis) is 1. The van der Waals surface area contributed by atoms with Gasteiger partial charge in [0.25, 0.3) is 0 Å². The Kier molecular flexibility index (Phi) is 9.31. The van der Waals surface area contributed by atoms with Gasteiger partial charge in [0, 0.05) is 9.26 Å². The van der Waals surface area contributed by atoms with Crippen molar-refractivity contribution in [3.8, 4) is 0 Å². The molecule has 0 aliphatic carbocycles. The molecule has 0 spiro atoms. The van der Waals surface area contributed by atoms with Gasteiger partial charge in [-0.05, 0) is 78.6 Å². The van der Waals surface area contributed by atoms with Crippen LogP contribution >= 0.6 is 22.6 Å². The lowest BCUT2D eigenvalue weighted by Crippen LogP contribution is -2.48. The third kappa shape index (κ3) is 8.86. The second-order valence-corrected chi connectivity index (χ2v) is 9.82. The Labute approximate surface area is 198 Å². The molecule has 0 aromatic heterocycles. The summed E-state index contributed by atoms with van der Waals surface area (Å²) in [7, 11) is 0. The summed E-state index contributed by atoms with van der Waals surface area (Å²) in [6.07, 6.45) is -0.664. The predicted molar refractivity (Wildman–Crippen MR) is 131 cm³/mol. The molecule has 0 fully saturated rings. The van der Waals surface area contributed by atoms with E-state index in [0.29, 0.717) is 6.61 Å². The van der Waals surface area contributed by atoms with Crippen molar-refractivity contribution in [3.05, 3.63) is 63.2 Å². The standard InChI is InChI=1S/C24H31IN2O4/c1-16(2)19-13-18(25)11-12-20(19)26-22(28)21(27-23(29)31-24(3,4)5)15-30-14-17-9-7-6-8-10-17/h6-13,16,21H,14-15H2,1-5H3,(H,26,28)(H,27,29)/t21-/m0/s1. The summed E-state index contributed by atoms with van der Waals surface area (Å²) in [6.45, 7) is 9.81. The van der Waals surface area contributed by atoms with Crippen LogP contribution in [-0.2, 0) is 20.9 Å². The summed E-state index contributed by atoms with van der Waals surface area (Å²) < 4.78 is 12.2. The summed E-state index contributed by atoms with van der Waals surface area (Å²) >= 11 is 2.25. The monoisotopic (exact) mass is 538 g/mol. The molecule has 168 valence electrons. The maximum atomic E-state index is 13.1. The summed E-state index contributed by atoms with van der Waals surface area (Å²) in [4.78, 5) is 25.4. The van der Waals surface area contributed by atoms with Crippen molar-refractivity contribution in [1.82, 2.24) is 5.32 Å². The first kappa shape index (κ1) is 25.1. The molecule has 2 aromatic carbocycles. The van der Waals surface area contributed by atoms with Gasteiger partial charge < -0.3 is 20.1 Å². The minimum atomic E-state index is -0.905. The van der Waals surface area contributed by atoms with E-state index in [-0.39, 0.29) is 18.4 Å². The van der Waals surface area contributed by atoms with E-state index in [1.165, 1.54) is 0 Å². The Morgan fingerprint density at radius 3 is 2.35 bits per heavy atom. The van der Waals surface area contributed by atoms with Crippen molar-refractivity contribution < 1.29 is 19.1 Å². The lowest BCUT2D eigenvalue weighted by molar-refractivity contribution is -0.119. The van der Waals surface area contributed by atoms with Gasteiger partial charge in [-0.2, -0.15) is 0 Å². The van der Waals surface area contributed by atoms with Crippen LogP contribution in [0.2, 0.25) is 0 Å². The van der Waals surface area contributed by atoms with Crippen molar-refractivity contribution in [2.45, 2.75) is 58.8 Å². The second-order valence-electron chi connectivity index (χ2n) is 8.58. The van der Waals surface area contributed by atoms with Crippen LogP contribution in [0, 0.1) is 3.57 Å². The lowest BCUT2D eigenvalue weighted by atomic mass is 10.0. The normalized spacial score (nSPS) is 12.4. The smallest absolute Gasteiger partial charge is 0.408 e. The molecule has 7 heteroatoms. The first-order valence-corrected chi connectivity index (χ1v) is 11.3. The Morgan fingerprint density at radius 2 is 1.74 bits per heavy atom. The van der Waals surface area contributed by atoms with Crippen molar-refractivity contribution in [2.75, 3.05) is 11.9 Å². The molecule has 0 saturated heterocycles. The minimum absolute atomic E-state index is 0.0152. The van der Waals surface area contributed by atoms with Gasteiger partial charge in [-0.25, -0.2) is 4.79 Å². The van der Waals surface area contributed by atoms with E-state index >= 15 is 0 Å². The SMILES string of the molecule is CC(C)c1cc(I)ccc1NC(=O)[C@H](COCc1ccccc1)NC(=O)OC(C)(C)C. The Bertz CT molecular complexity index is 879. The first-order valence-electron chi connectivity index (χ1n) is 10.3. The fourth-order valence-corrected chi connectivity index (χ4v) is 3.36. The number of anilines is 1. The number of halogens is 1. The number of rotatable bonds is 8. The quantitative estimate of drug-likeness (QED) is 0.438. The molecule has 1 atom stereocenters. The van der Waals surface area contributed by atoms with Crippen LogP contribution in [0.3, 0.4) is 0 Å². The van der Waals surface area contributed by atoms with Gasteiger partial charge in [-0.3, -0.25) is 4.79 Å². The predicted octanol–water partition coefficient (Wildman–Crippen LogP) is 5.46. The van der Waals surface area contributed by atoms with E-state index in [1.807, 2.05) is 48.5 Å². The summed E-state index contributed by atoms with van der Waals surface area (Å²) in [5.74, 6) is -0.126. The van der Waals surface area contributed by atoms with Gasteiger partial charge in [0.15, 0.2) is 0 Å². The van der Waals surface area contributed by atoms with Crippen LogP contribution in [-0.4, -0.2) is 30.3 Å². The summed E-state index contributed by atoms with van der Waals surface area (Å²) in [5.41, 5.74) is 2.07. The molecule has 6 nitrogen and oxygen atoms in total. The van der Waals surface area contributed by atoms with Crippen molar-refractivity contribution in [2.24, 2.45) is 0 Å². The molecular weight excluding hydrogens is 507 g/mol. The van der Waals surface area contributed by atoms with Crippen molar-refractivity contribution in [1.29, 1.82) is 0 Å². The van der Waals surface area contributed by atoms with E-state index in [0.717, 1.165) is 20.4 Å². The molecule has 0 radical (unpaired) electrons. The number of ether oxygens (including phenoxy) is 2. The maximum absolute atomic E-state index is 13.1. The van der Waals surface area contributed by atoms with Crippen LogP contribution in [0.1, 0.15) is 51.7 Å². The number of amides is 2. The zero-order valence-corrected chi connectivity index (χ0v) is 20.9. The molecule has 2 aromatic rings. The summed E-state index contributed by atoms with van der Waals surface area (Å²) in [5, 5.41) is 5.58. The van der Waals surface area contributed by atoms with Crippen LogP contribution in [0.25, 0.3) is 0 Å². The van der Waals surface area contributed by atoms with Gasteiger partial charge in [0.05, 0.1) is 13.2 Å². The fourth-order valence-electron chi connectivity index (χ4n) is 2.85. The van der Waals surface area contributed by atoms with Gasteiger partial charge in [-0.15, -0.1) is 0 Å². The van der Waals surface area contributed by atoms with Crippen molar-refractivity contribution in [3.63, 3.8) is 0 Å². The Balaban J connectivity index is 2.12. The highest BCUT2D eigenvalue weighted by Gasteiger charge is 2.25. The number of nitrogens with one attached hydrogen (secondary N) is 2. The van der Waals surface area contributed by atoms with Crippen LogP contribution in [0.15, 0.2) is 48.5 Å². The highest BCUT2D eigenvalue weighted by molar-refractivity contribution is 14.1. The van der Waals surface area contributed by atoms with E-state index in [2.05, 4.69) is 47.1 Å². The highest BCUT2D eigenvalue weighted by atomic mass is 127. The number of hydrogen-bond acceptors (Lipinski definition) is 4. The molecule has 0 aliphatic rings. The third-order valence-electron chi connectivity index (χ3n) is 4.30. The molecule has 2 amide bonds. The Hall–Kier alpha value is -2.13. The van der Waals surface area contributed by atoms with Gasteiger partial charge in [-0.1, -0.05) is 44.2 Å². The summed E-state index contributed by atoms with van der Waals surface area (Å²) in [6, 6.07) is 14.6. The fraction of sp³-hybridized carbons (Fsp3) is 0.417. The van der Waals surface area contributed by atoms with E-state index in [1.54, 1.807) is 20.8 Å². The molecule has 0 saturated carbocycles. The minimum Gasteiger partial charge on any atom is -0.444 e. The number of carbonyl (C=O) groups excluding carboxylic acids is 2. The number of benzene rings is 2. The number of hydrogen-bond donors (Lipinski definition) is 2. The lowest BCUT2D eigenvalue weighted by Gasteiger charge is -2.24. The Morgan fingerprint density at radius 1 is 1.06 bits per heavy atom. The van der Waals surface area contributed by atoms with E-state index in [4.69, 9.17) is 9.47 Å².